The third kappa shape index (κ3) is 5.31. The average Bonchev–Trinajstić information content (AvgIpc) is 2.49. The Bertz CT molecular complexity index is 549. The maximum atomic E-state index is 5.17. The van der Waals surface area contributed by atoms with E-state index >= 15 is 0 Å². The molecule has 104 valence electrons. The zero-order valence-electron chi connectivity index (χ0n) is 11.4. The van der Waals surface area contributed by atoms with E-state index in [2.05, 4.69) is 71.1 Å². The van der Waals surface area contributed by atoms with Crippen LogP contribution in [0.4, 0.5) is 0 Å². The molecule has 0 N–H and O–H groups in total. The fourth-order valence-corrected chi connectivity index (χ4v) is 5.09. The average molecular weight is 443 g/mol. The van der Waals surface area contributed by atoms with Crippen LogP contribution in [0, 0.1) is 0 Å². The molecule has 0 aliphatic heterocycles. The van der Waals surface area contributed by atoms with Crippen molar-refractivity contribution in [3.63, 3.8) is 0 Å². The molecular weight excluding hydrogens is 426 g/mol. The first-order valence-electron chi connectivity index (χ1n) is 6.46. The second kappa shape index (κ2) is 8.50. The molecule has 0 saturated heterocycles. The summed E-state index contributed by atoms with van der Waals surface area (Å²) < 4.78 is 8.06. The second-order valence-corrected chi connectivity index (χ2v) is 8.11. The Morgan fingerprint density at radius 1 is 1.10 bits per heavy atom. The van der Waals surface area contributed by atoms with Crippen molar-refractivity contribution in [3.8, 4) is 5.75 Å². The van der Waals surface area contributed by atoms with E-state index in [0.29, 0.717) is 15.0 Å². The summed E-state index contributed by atoms with van der Waals surface area (Å²) in [5.41, 5.74) is 1.24. The predicted octanol–water partition coefficient (Wildman–Crippen LogP) is 4.31. The van der Waals surface area contributed by atoms with Crippen LogP contribution in [0.25, 0.3) is 6.08 Å². The summed E-state index contributed by atoms with van der Waals surface area (Å²) in [6.07, 6.45) is 3.41. The molecule has 2 aromatic rings. The molecule has 0 aliphatic rings. The molecule has 20 heavy (non-hydrogen) atoms. The van der Waals surface area contributed by atoms with Crippen LogP contribution < -0.4 is 9.20 Å². The number of benzene rings is 2. The summed E-state index contributed by atoms with van der Waals surface area (Å²) in [4.78, 5) is 0. The normalized spacial score (nSPS) is 11.4. The van der Waals surface area contributed by atoms with Gasteiger partial charge in [-0.25, -0.2) is 0 Å². The molecule has 0 aliphatic carbocycles. The van der Waals surface area contributed by atoms with Crippen molar-refractivity contribution >= 4 is 48.1 Å². The van der Waals surface area contributed by atoms with Crippen molar-refractivity contribution in [2.24, 2.45) is 0 Å². The summed E-state index contributed by atoms with van der Waals surface area (Å²) in [5, 5.41) is 1.25. The molecule has 0 spiro atoms. The monoisotopic (exact) mass is 444 g/mol. The summed E-state index contributed by atoms with van der Waals surface area (Å²) in [7, 11) is 1.69. The van der Waals surface area contributed by atoms with Gasteiger partial charge in [0.05, 0.1) is 0 Å². The third-order valence-electron chi connectivity index (χ3n) is 2.79. The van der Waals surface area contributed by atoms with Gasteiger partial charge in [-0.2, -0.15) is 0 Å². The fourth-order valence-electron chi connectivity index (χ4n) is 1.74. The van der Waals surface area contributed by atoms with Crippen LogP contribution in [-0.2, 0) is 0 Å². The minimum atomic E-state index is 0.575. The molecule has 0 heterocycles. The van der Waals surface area contributed by atoms with E-state index in [1.165, 1.54) is 18.9 Å². The van der Waals surface area contributed by atoms with Crippen molar-refractivity contribution in [2.75, 3.05) is 7.11 Å². The van der Waals surface area contributed by atoms with E-state index in [1.807, 2.05) is 12.1 Å². The first kappa shape index (κ1) is 15.6. The van der Waals surface area contributed by atoms with Gasteiger partial charge in [-0.3, -0.25) is 0 Å². The van der Waals surface area contributed by atoms with Gasteiger partial charge in [0, 0.05) is 0 Å². The molecule has 2 aromatic carbocycles. The number of hydrogen-bond acceptors (Lipinski definition) is 1. The molecule has 0 aromatic heterocycles. The Labute approximate surface area is 140 Å². The van der Waals surface area contributed by atoms with Gasteiger partial charge in [-0.1, -0.05) is 0 Å². The molecule has 2 rings (SSSR count). The zero-order chi connectivity index (χ0) is 14.2. The number of allylic oxidation sites excluding steroid dienone is 1. The molecule has 0 amide bonds. The SMILES string of the molecule is COc1ccc(/C=C(\I)CC[Se]c2ccccc2)cc1. The van der Waals surface area contributed by atoms with E-state index in [9.17, 15) is 0 Å². The topological polar surface area (TPSA) is 9.23 Å². The van der Waals surface area contributed by atoms with Crippen LogP contribution >= 0.6 is 22.6 Å². The van der Waals surface area contributed by atoms with Gasteiger partial charge in [0.1, 0.15) is 0 Å². The molecule has 0 fully saturated rings. The number of halogens is 1. The van der Waals surface area contributed by atoms with E-state index < -0.39 is 0 Å². The zero-order valence-corrected chi connectivity index (χ0v) is 15.3. The van der Waals surface area contributed by atoms with Crippen LogP contribution in [0.15, 0.2) is 58.2 Å². The van der Waals surface area contributed by atoms with Crippen LogP contribution in [-0.4, -0.2) is 22.1 Å². The van der Waals surface area contributed by atoms with Gasteiger partial charge >= 0.3 is 141 Å². The van der Waals surface area contributed by atoms with Gasteiger partial charge in [0.15, 0.2) is 0 Å². The van der Waals surface area contributed by atoms with Crippen molar-refractivity contribution < 1.29 is 4.74 Å². The van der Waals surface area contributed by atoms with E-state index in [4.69, 9.17) is 4.74 Å². The van der Waals surface area contributed by atoms with Crippen molar-refractivity contribution in [3.05, 3.63) is 63.7 Å². The van der Waals surface area contributed by atoms with Crippen LogP contribution in [0.1, 0.15) is 12.0 Å². The predicted molar refractivity (Wildman–Crippen MR) is 96.2 cm³/mol. The van der Waals surface area contributed by atoms with Gasteiger partial charge in [0.25, 0.3) is 0 Å². The molecule has 0 atom stereocenters. The molecule has 0 saturated carbocycles. The number of methoxy groups -OCH3 is 1. The molecular formula is C17H17IOSe. The second-order valence-electron chi connectivity index (χ2n) is 4.28. The van der Waals surface area contributed by atoms with Crippen molar-refractivity contribution in [1.82, 2.24) is 0 Å². The number of hydrogen-bond donors (Lipinski definition) is 0. The Morgan fingerprint density at radius 3 is 2.45 bits per heavy atom. The Balaban J connectivity index is 1.84. The molecule has 0 bridgehead atoms. The van der Waals surface area contributed by atoms with E-state index in [1.54, 1.807) is 7.11 Å². The number of rotatable bonds is 6. The maximum absolute atomic E-state index is 5.17. The van der Waals surface area contributed by atoms with Gasteiger partial charge < -0.3 is 0 Å². The van der Waals surface area contributed by atoms with Gasteiger partial charge in [-0.05, 0) is 0 Å². The fraction of sp³-hybridized carbons (Fsp3) is 0.176. The van der Waals surface area contributed by atoms with Crippen LogP contribution in [0.5, 0.6) is 5.75 Å². The first-order valence-corrected chi connectivity index (χ1v) is 9.60. The Morgan fingerprint density at radius 2 is 1.80 bits per heavy atom. The van der Waals surface area contributed by atoms with Crippen LogP contribution in [0.3, 0.4) is 0 Å². The molecule has 1 nitrogen and oxygen atoms in total. The molecule has 0 unspecified atom stereocenters. The Kier molecular flexibility index (Phi) is 6.64. The summed E-state index contributed by atoms with van der Waals surface area (Å²) in [5.74, 6) is 0.907. The first-order chi connectivity index (χ1) is 9.78. The number of ether oxygens (including phenoxy) is 1. The Hall–Kier alpha value is -0.771. The van der Waals surface area contributed by atoms with Crippen molar-refractivity contribution in [1.29, 1.82) is 0 Å². The molecule has 0 radical (unpaired) electrons. The van der Waals surface area contributed by atoms with Gasteiger partial charge in [-0.15, -0.1) is 0 Å². The third-order valence-corrected chi connectivity index (χ3v) is 5.77. The quantitative estimate of drug-likeness (QED) is 0.478. The van der Waals surface area contributed by atoms with E-state index in [0.717, 1.165) is 12.2 Å². The summed E-state index contributed by atoms with van der Waals surface area (Å²) in [6.45, 7) is 0. The van der Waals surface area contributed by atoms with E-state index in [-0.39, 0.29) is 0 Å². The van der Waals surface area contributed by atoms with Crippen molar-refractivity contribution in [2.45, 2.75) is 11.7 Å². The van der Waals surface area contributed by atoms with Crippen LogP contribution in [0.2, 0.25) is 5.32 Å². The standard InChI is InChI=1S/C17H17IOSe/c1-19-16-9-7-14(8-10-16)13-15(18)11-12-20-17-5-3-2-4-6-17/h2-10,13H,11-12H2,1H3/b15-13-. The minimum absolute atomic E-state index is 0.575. The summed E-state index contributed by atoms with van der Waals surface area (Å²) >= 11 is 3.02. The summed E-state index contributed by atoms with van der Waals surface area (Å²) in [6, 6.07) is 19.0. The van der Waals surface area contributed by atoms with Gasteiger partial charge in [0.2, 0.25) is 0 Å². The molecule has 3 heteroatoms.